The number of nitriles is 1. The summed E-state index contributed by atoms with van der Waals surface area (Å²) in [5.41, 5.74) is -0.140. The summed E-state index contributed by atoms with van der Waals surface area (Å²) in [6, 6.07) is 10.1. The predicted molar refractivity (Wildman–Crippen MR) is 80.5 cm³/mol. The minimum Gasteiger partial charge on any atom is -0.304 e. The first-order valence-electron chi connectivity index (χ1n) is 6.46. The van der Waals surface area contributed by atoms with Gasteiger partial charge in [-0.15, -0.1) is 0 Å². The van der Waals surface area contributed by atoms with Crippen molar-refractivity contribution in [2.75, 3.05) is 18.5 Å². The Labute approximate surface area is 128 Å². The third-order valence-corrected chi connectivity index (χ3v) is 4.09. The second-order valence-corrected chi connectivity index (χ2v) is 5.66. The molecule has 8 nitrogen and oxygen atoms in total. The van der Waals surface area contributed by atoms with Gasteiger partial charge < -0.3 is 9.05 Å². The number of nitrogens with zero attached hydrogens (tertiary/aromatic N) is 2. The van der Waals surface area contributed by atoms with E-state index in [1.165, 1.54) is 0 Å². The summed E-state index contributed by atoms with van der Waals surface area (Å²) in [5.74, 6) is 0. The molecular weight excluding hydrogens is 309 g/mol. The van der Waals surface area contributed by atoms with Gasteiger partial charge in [-0.25, -0.2) is 4.79 Å². The molecule has 22 heavy (non-hydrogen) atoms. The first-order valence-corrected chi connectivity index (χ1v) is 8.00. The van der Waals surface area contributed by atoms with Crippen LogP contribution in [0.3, 0.4) is 0 Å². The van der Waals surface area contributed by atoms with Crippen LogP contribution in [0.5, 0.6) is 0 Å². The number of rotatable bonds is 7. The van der Waals surface area contributed by atoms with Crippen molar-refractivity contribution < 1.29 is 23.2 Å². The number of para-hydroxylation sites is 1. The maximum atomic E-state index is 12.3. The van der Waals surface area contributed by atoms with Crippen molar-refractivity contribution in [3.63, 3.8) is 0 Å². The Kier molecular flexibility index (Phi) is 7.26. The van der Waals surface area contributed by atoms with Gasteiger partial charge in [-0.3, -0.25) is 14.7 Å². The van der Waals surface area contributed by atoms with Crippen molar-refractivity contribution in [2.24, 2.45) is 5.16 Å². The molecule has 0 spiro atoms. The summed E-state index contributed by atoms with van der Waals surface area (Å²) in [6.45, 7) is 3.27. The summed E-state index contributed by atoms with van der Waals surface area (Å²) in [5, 5.41) is 14.7. The number of oxime groups is 1. The van der Waals surface area contributed by atoms with E-state index >= 15 is 0 Å². The third-order valence-electron chi connectivity index (χ3n) is 2.19. The van der Waals surface area contributed by atoms with Crippen molar-refractivity contribution >= 4 is 24.8 Å². The summed E-state index contributed by atoms with van der Waals surface area (Å²) in [4.78, 5) is 16.1. The highest BCUT2D eigenvalue weighted by Gasteiger charge is 2.33. The molecule has 9 heteroatoms. The van der Waals surface area contributed by atoms with Crippen molar-refractivity contribution in [3.8, 4) is 6.07 Å². The average molecular weight is 325 g/mol. The lowest BCUT2D eigenvalue weighted by Crippen LogP contribution is -2.13. The van der Waals surface area contributed by atoms with Crippen LogP contribution in [-0.4, -0.2) is 24.8 Å². The van der Waals surface area contributed by atoms with E-state index < -0.39 is 19.1 Å². The van der Waals surface area contributed by atoms with Crippen LogP contribution in [0.25, 0.3) is 0 Å². The molecule has 1 N–H and O–H groups in total. The molecule has 0 aliphatic rings. The summed E-state index contributed by atoms with van der Waals surface area (Å²) >= 11 is 0. The SMILES string of the molecule is CCOP(=O)(OCC)/C(C#N)=N\OC(=O)Nc1ccccc1. The second kappa shape index (κ2) is 8.95. The van der Waals surface area contributed by atoms with Crippen LogP contribution >= 0.6 is 7.60 Å². The van der Waals surface area contributed by atoms with E-state index in [4.69, 9.17) is 14.3 Å². The molecule has 0 atom stereocenters. The monoisotopic (exact) mass is 325 g/mol. The Morgan fingerprint density at radius 1 is 1.27 bits per heavy atom. The molecule has 0 unspecified atom stereocenters. The topological polar surface area (TPSA) is 110 Å². The molecule has 0 saturated heterocycles. The third kappa shape index (κ3) is 5.30. The Morgan fingerprint density at radius 2 is 1.86 bits per heavy atom. The fourth-order valence-corrected chi connectivity index (χ4v) is 2.64. The Hall–Kier alpha value is -2.20. The Balaban J connectivity index is 2.78. The van der Waals surface area contributed by atoms with Gasteiger partial charge in [0.25, 0.3) is 5.45 Å². The lowest BCUT2D eigenvalue weighted by Gasteiger charge is -2.13. The van der Waals surface area contributed by atoms with Crippen molar-refractivity contribution in [3.05, 3.63) is 30.3 Å². The van der Waals surface area contributed by atoms with Gasteiger partial charge in [0.05, 0.1) is 13.2 Å². The molecule has 0 aromatic heterocycles. The van der Waals surface area contributed by atoms with Crippen LogP contribution in [0, 0.1) is 11.3 Å². The number of carbonyl (C=O) groups is 1. The highest BCUT2D eigenvalue weighted by molar-refractivity contribution is 7.73. The first-order chi connectivity index (χ1) is 10.6. The molecular formula is C13H16N3O5P. The highest BCUT2D eigenvalue weighted by atomic mass is 31.2. The van der Waals surface area contributed by atoms with E-state index in [2.05, 4.69) is 15.3 Å². The molecule has 0 radical (unpaired) electrons. The van der Waals surface area contributed by atoms with E-state index in [0.29, 0.717) is 5.69 Å². The fraction of sp³-hybridized carbons (Fsp3) is 0.308. The molecule has 0 saturated carbocycles. The highest BCUT2D eigenvalue weighted by Crippen LogP contribution is 2.49. The van der Waals surface area contributed by atoms with E-state index in [-0.39, 0.29) is 13.2 Å². The van der Waals surface area contributed by atoms with Crippen LogP contribution < -0.4 is 5.32 Å². The summed E-state index contributed by atoms with van der Waals surface area (Å²) in [7, 11) is -3.88. The average Bonchev–Trinajstić information content (AvgIpc) is 2.49. The maximum absolute atomic E-state index is 12.3. The number of nitrogens with one attached hydrogen (secondary N) is 1. The second-order valence-electron chi connectivity index (χ2n) is 3.73. The molecule has 1 amide bonds. The molecule has 0 bridgehead atoms. The minimum absolute atomic E-state index is 0.0498. The molecule has 0 aliphatic carbocycles. The molecule has 1 aromatic carbocycles. The first kappa shape index (κ1) is 17.9. The van der Waals surface area contributed by atoms with Crippen LogP contribution in [0.1, 0.15) is 13.8 Å². The lowest BCUT2D eigenvalue weighted by molar-refractivity contribution is 0.166. The van der Waals surface area contributed by atoms with E-state index in [1.54, 1.807) is 50.2 Å². The normalized spacial score (nSPS) is 11.6. The van der Waals surface area contributed by atoms with E-state index in [0.717, 1.165) is 0 Å². The van der Waals surface area contributed by atoms with Crippen molar-refractivity contribution in [1.82, 2.24) is 0 Å². The molecule has 1 rings (SSSR count). The van der Waals surface area contributed by atoms with Crippen LogP contribution in [0.4, 0.5) is 10.5 Å². The van der Waals surface area contributed by atoms with Gasteiger partial charge >= 0.3 is 13.7 Å². The lowest BCUT2D eigenvalue weighted by atomic mass is 10.3. The predicted octanol–water partition coefficient (Wildman–Crippen LogP) is 3.34. The van der Waals surface area contributed by atoms with Crippen LogP contribution in [0.15, 0.2) is 35.5 Å². The zero-order valence-electron chi connectivity index (χ0n) is 12.2. The smallest absolute Gasteiger partial charge is 0.304 e. The quantitative estimate of drug-likeness (QED) is 0.356. The van der Waals surface area contributed by atoms with Gasteiger partial charge in [0.2, 0.25) is 0 Å². The number of carbonyl (C=O) groups excluding carboxylic acids is 1. The van der Waals surface area contributed by atoms with Crippen molar-refractivity contribution in [2.45, 2.75) is 13.8 Å². The number of hydrogen-bond donors (Lipinski definition) is 1. The molecule has 0 aliphatic heterocycles. The number of hydrogen-bond acceptors (Lipinski definition) is 7. The molecule has 0 heterocycles. The summed E-state index contributed by atoms with van der Waals surface area (Å²) in [6.07, 6.45) is -0.932. The van der Waals surface area contributed by atoms with Gasteiger partial charge in [0.1, 0.15) is 6.07 Å². The zero-order chi connectivity index (χ0) is 16.4. The largest absolute Gasteiger partial charge is 0.437 e. The fourth-order valence-electron chi connectivity index (χ4n) is 1.38. The van der Waals surface area contributed by atoms with Crippen LogP contribution in [-0.2, 0) is 18.5 Å². The van der Waals surface area contributed by atoms with Crippen molar-refractivity contribution in [1.29, 1.82) is 5.26 Å². The molecule has 0 fully saturated rings. The van der Waals surface area contributed by atoms with E-state index in [1.807, 2.05) is 0 Å². The van der Waals surface area contributed by atoms with Gasteiger partial charge in [0.15, 0.2) is 0 Å². The molecule has 118 valence electrons. The van der Waals surface area contributed by atoms with Gasteiger partial charge in [-0.1, -0.05) is 23.4 Å². The van der Waals surface area contributed by atoms with Crippen LogP contribution in [0.2, 0.25) is 0 Å². The number of anilines is 1. The maximum Gasteiger partial charge on any atom is 0.437 e. The number of amides is 1. The minimum atomic E-state index is -3.88. The van der Waals surface area contributed by atoms with E-state index in [9.17, 15) is 9.36 Å². The number of benzene rings is 1. The summed E-state index contributed by atoms with van der Waals surface area (Å²) < 4.78 is 22.2. The standard InChI is InChI=1S/C13H16N3O5P/c1-3-19-22(18,20-4-2)12(10-14)16-21-13(17)15-11-8-6-5-7-9-11/h5-9H,3-4H2,1-2H3,(H,15,17)/b16-12-. The van der Waals surface area contributed by atoms with Gasteiger partial charge in [-0.05, 0) is 26.0 Å². The van der Waals surface area contributed by atoms with Gasteiger partial charge in [0, 0.05) is 5.69 Å². The molecule has 1 aromatic rings. The zero-order valence-corrected chi connectivity index (χ0v) is 13.1. The van der Waals surface area contributed by atoms with Gasteiger partial charge in [-0.2, -0.15) is 5.26 Å². The Bertz CT molecular complexity index is 602. The Morgan fingerprint density at radius 3 is 2.36 bits per heavy atom.